The Kier molecular flexibility index (Phi) is 4.41. The number of carbonyl (C=O) groups excluding carboxylic acids is 1. The van der Waals surface area contributed by atoms with Crippen LogP contribution in [0.1, 0.15) is 10.4 Å². The minimum atomic E-state index is -0.657. The van der Waals surface area contributed by atoms with Crippen molar-refractivity contribution in [2.75, 3.05) is 5.32 Å². The van der Waals surface area contributed by atoms with Crippen LogP contribution >= 0.6 is 0 Å². The smallest absolute Gasteiger partial charge is 0.258 e. The number of hydrogen-bond donors (Lipinski definition) is 1. The van der Waals surface area contributed by atoms with Crippen molar-refractivity contribution in [1.82, 2.24) is 14.5 Å². The summed E-state index contributed by atoms with van der Waals surface area (Å²) in [7, 11) is 1.65. The van der Waals surface area contributed by atoms with Crippen LogP contribution in [0.15, 0.2) is 72.2 Å². The predicted molar refractivity (Wildman–Crippen MR) is 105 cm³/mol. The van der Waals surface area contributed by atoms with Crippen molar-refractivity contribution in [1.29, 1.82) is 0 Å². The van der Waals surface area contributed by atoms with E-state index in [0.717, 1.165) is 0 Å². The van der Waals surface area contributed by atoms with E-state index in [4.69, 9.17) is 0 Å². The molecule has 0 atom stereocenters. The standard InChI is InChI=1S/C21H15FN4O2/c1-26-8-7-15-16(21(26)28)3-2-4-19(15)25-20(27)17-6-5-13(9-18(17)22)14-10-23-12-24-11-14/h2-12H,1H3,(H,25,27). The van der Waals surface area contributed by atoms with Gasteiger partial charge in [-0.15, -0.1) is 0 Å². The Hall–Kier alpha value is -3.87. The number of hydrogen-bond acceptors (Lipinski definition) is 4. The maximum atomic E-state index is 14.6. The molecule has 2 heterocycles. The van der Waals surface area contributed by atoms with Crippen LogP contribution < -0.4 is 10.9 Å². The molecule has 138 valence electrons. The molecular formula is C21H15FN4O2. The average Bonchev–Trinajstić information content (AvgIpc) is 2.71. The fourth-order valence-corrected chi connectivity index (χ4v) is 3.00. The first-order chi connectivity index (χ1) is 13.5. The largest absolute Gasteiger partial charge is 0.321 e. The van der Waals surface area contributed by atoms with E-state index in [1.807, 2.05) is 0 Å². The summed E-state index contributed by atoms with van der Waals surface area (Å²) in [5, 5.41) is 3.77. The Bertz CT molecular complexity index is 1250. The number of aryl methyl sites for hydroxylation is 1. The minimum Gasteiger partial charge on any atom is -0.321 e. The summed E-state index contributed by atoms with van der Waals surface area (Å²) >= 11 is 0. The third kappa shape index (κ3) is 3.14. The second-order valence-corrected chi connectivity index (χ2v) is 6.27. The summed E-state index contributed by atoms with van der Waals surface area (Å²) in [6.45, 7) is 0. The second-order valence-electron chi connectivity index (χ2n) is 6.27. The van der Waals surface area contributed by atoms with Crippen molar-refractivity contribution >= 4 is 22.4 Å². The quantitative estimate of drug-likeness (QED) is 0.596. The maximum Gasteiger partial charge on any atom is 0.258 e. The number of benzene rings is 2. The zero-order valence-corrected chi connectivity index (χ0v) is 14.9. The van der Waals surface area contributed by atoms with Crippen LogP contribution in [0.3, 0.4) is 0 Å². The molecule has 0 aliphatic carbocycles. The molecule has 1 amide bonds. The molecule has 4 rings (SSSR count). The molecule has 7 heteroatoms. The van der Waals surface area contributed by atoms with Crippen LogP contribution in [0, 0.1) is 5.82 Å². The summed E-state index contributed by atoms with van der Waals surface area (Å²) in [4.78, 5) is 32.7. The lowest BCUT2D eigenvalue weighted by molar-refractivity contribution is 0.102. The first-order valence-corrected chi connectivity index (χ1v) is 8.49. The summed E-state index contributed by atoms with van der Waals surface area (Å²) in [6.07, 6.45) is 6.15. The summed E-state index contributed by atoms with van der Waals surface area (Å²) in [5.41, 5.74) is 1.40. The van der Waals surface area contributed by atoms with Crippen molar-refractivity contribution in [3.8, 4) is 11.1 Å². The van der Waals surface area contributed by atoms with Crippen molar-refractivity contribution in [3.63, 3.8) is 0 Å². The van der Waals surface area contributed by atoms with Crippen molar-refractivity contribution in [2.45, 2.75) is 0 Å². The zero-order valence-electron chi connectivity index (χ0n) is 14.9. The summed E-state index contributed by atoms with van der Waals surface area (Å²) in [5.74, 6) is -1.25. The van der Waals surface area contributed by atoms with Gasteiger partial charge >= 0.3 is 0 Å². The van der Waals surface area contributed by atoms with Gasteiger partial charge in [0.05, 0.1) is 5.56 Å². The third-order valence-electron chi connectivity index (χ3n) is 4.48. The molecule has 6 nitrogen and oxygen atoms in total. The maximum absolute atomic E-state index is 14.6. The number of nitrogens with one attached hydrogen (secondary N) is 1. The Morgan fingerprint density at radius 3 is 2.57 bits per heavy atom. The lowest BCUT2D eigenvalue weighted by Gasteiger charge is -2.10. The van der Waals surface area contributed by atoms with Gasteiger partial charge in [0, 0.05) is 47.7 Å². The first kappa shape index (κ1) is 17.5. The van der Waals surface area contributed by atoms with Gasteiger partial charge in [-0.2, -0.15) is 0 Å². The van der Waals surface area contributed by atoms with Gasteiger partial charge in [0.15, 0.2) is 0 Å². The van der Waals surface area contributed by atoms with Crippen molar-refractivity contribution in [2.24, 2.45) is 7.05 Å². The highest BCUT2D eigenvalue weighted by atomic mass is 19.1. The topological polar surface area (TPSA) is 76.9 Å². The number of amides is 1. The average molecular weight is 374 g/mol. The van der Waals surface area contributed by atoms with E-state index in [1.165, 1.54) is 23.0 Å². The molecule has 0 fully saturated rings. The lowest BCUT2D eigenvalue weighted by atomic mass is 10.1. The fourth-order valence-electron chi connectivity index (χ4n) is 3.00. The van der Waals surface area contributed by atoms with E-state index >= 15 is 0 Å². The molecule has 0 radical (unpaired) electrons. The van der Waals surface area contributed by atoms with E-state index in [2.05, 4.69) is 15.3 Å². The summed E-state index contributed by atoms with van der Waals surface area (Å²) < 4.78 is 16.0. The normalized spacial score (nSPS) is 10.8. The number of aromatic nitrogens is 3. The molecule has 0 spiro atoms. The highest BCUT2D eigenvalue weighted by molar-refractivity contribution is 6.09. The molecular weight excluding hydrogens is 359 g/mol. The molecule has 0 saturated heterocycles. The van der Waals surface area contributed by atoms with Gasteiger partial charge in [0.2, 0.25) is 0 Å². The van der Waals surface area contributed by atoms with Crippen LogP contribution in [0.2, 0.25) is 0 Å². The Balaban J connectivity index is 1.67. The van der Waals surface area contributed by atoms with Crippen LogP contribution in [-0.4, -0.2) is 20.4 Å². The van der Waals surface area contributed by atoms with E-state index in [-0.39, 0.29) is 11.1 Å². The van der Waals surface area contributed by atoms with Crippen LogP contribution in [-0.2, 0) is 7.05 Å². The van der Waals surface area contributed by atoms with Gasteiger partial charge in [0.1, 0.15) is 12.1 Å². The summed E-state index contributed by atoms with van der Waals surface area (Å²) in [6, 6.07) is 11.1. The monoisotopic (exact) mass is 374 g/mol. The van der Waals surface area contributed by atoms with E-state index in [0.29, 0.717) is 27.6 Å². The van der Waals surface area contributed by atoms with Crippen LogP contribution in [0.5, 0.6) is 0 Å². The molecule has 2 aromatic heterocycles. The number of nitrogens with zero attached hydrogens (tertiary/aromatic N) is 3. The molecule has 4 aromatic rings. The van der Waals surface area contributed by atoms with Gasteiger partial charge in [-0.05, 0) is 35.9 Å². The number of carbonyl (C=O) groups is 1. The molecule has 0 bridgehead atoms. The molecule has 0 saturated carbocycles. The van der Waals surface area contributed by atoms with E-state index in [9.17, 15) is 14.0 Å². The fraction of sp³-hybridized carbons (Fsp3) is 0.0476. The number of rotatable bonds is 3. The number of anilines is 1. The van der Waals surface area contributed by atoms with Crippen molar-refractivity contribution < 1.29 is 9.18 Å². The predicted octanol–water partition coefficient (Wildman–Crippen LogP) is 3.39. The zero-order chi connectivity index (χ0) is 19.7. The Labute approximate surface area is 159 Å². The molecule has 0 aliphatic rings. The molecule has 28 heavy (non-hydrogen) atoms. The molecule has 2 aromatic carbocycles. The van der Waals surface area contributed by atoms with Gasteiger partial charge in [-0.25, -0.2) is 14.4 Å². The molecule has 1 N–H and O–H groups in total. The lowest BCUT2D eigenvalue weighted by Crippen LogP contribution is -2.17. The highest BCUT2D eigenvalue weighted by Crippen LogP contribution is 2.24. The van der Waals surface area contributed by atoms with Crippen LogP contribution in [0.4, 0.5) is 10.1 Å². The SMILES string of the molecule is Cn1ccc2c(NC(=O)c3ccc(-c4cncnc4)cc3F)cccc2c1=O. The Morgan fingerprint density at radius 1 is 1.04 bits per heavy atom. The minimum absolute atomic E-state index is 0.0959. The Morgan fingerprint density at radius 2 is 1.82 bits per heavy atom. The number of pyridine rings is 1. The third-order valence-corrected chi connectivity index (χ3v) is 4.48. The van der Waals surface area contributed by atoms with E-state index in [1.54, 1.807) is 56.0 Å². The van der Waals surface area contributed by atoms with Gasteiger partial charge in [-0.1, -0.05) is 12.1 Å². The van der Waals surface area contributed by atoms with Crippen molar-refractivity contribution in [3.05, 3.63) is 89.1 Å². The number of fused-ring (bicyclic) bond motifs is 1. The van der Waals surface area contributed by atoms with Crippen LogP contribution in [0.25, 0.3) is 21.9 Å². The molecule has 0 aliphatic heterocycles. The van der Waals surface area contributed by atoms with Gasteiger partial charge < -0.3 is 9.88 Å². The van der Waals surface area contributed by atoms with E-state index < -0.39 is 11.7 Å². The highest BCUT2D eigenvalue weighted by Gasteiger charge is 2.15. The first-order valence-electron chi connectivity index (χ1n) is 8.49. The second kappa shape index (κ2) is 7.03. The number of halogens is 1. The van der Waals surface area contributed by atoms with Gasteiger partial charge in [-0.3, -0.25) is 9.59 Å². The van der Waals surface area contributed by atoms with Gasteiger partial charge in [0.25, 0.3) is 11.5 Å². The molecule has 0 unspecified atom stereocenters.